The Kier molecular flexibility index (Phi) is 4.62. The maximum atomic E-state index is 10.6. The van der Waals surface area contributed by atoms with Gasteiger partial charge in [0.05, 0.1) is 0 Å². The topological polar surface area (TPSA) is 46.5 Å². The summed E-state index contributed by atoms with van der Waals surface area (Å²) in [5.41, 5.74) is 1.75. The molecular formula is C11H12BrClO3. The number of alkyl halides is 1. The van der Waals surface area contributed by atoms with Crippen LogP contribution in [0.2, 0.25) is 5.02 Å². The van der Waals surface area contributed by atoms with Crippen LogP contribution in [0.3, 0.4) is 0 Å². The maximum absolute atomic E-state index is 10.6. The van der Waals surface area contributed by atoms with Crippen molar-refractivity contribution in [2.45, 2.75) is 25.3 Å². The standard InChI is InChI=1S/C11H12BrClO3/c1-6-3-9(16-7(2)11(14)15)4-8(5-12)10(6)13/h3-4,7H,5H2,1-2H3,(H,14,15). The zero-order valence-corrected chi connectivity index (χ0v) is 11.3. The van der Waals surface area contributed by atoms with Gasteiger partial charge in [-0.25, -0.2) is 4.79 Å². The highest BCUT2D eigenvalue weighted by atomic mass is 79.9. The first-order chi connectivity index (χ1) is 7.45. The van der Waals surface area contributed by atoms with Crippen LogP contribution < -0.4 is 4.74 Å². The number of rotatable bonds is 4. The molecule has 0 spiro atoms. The summed E-state index contributed by atoms with van der Waals surface area (Å²) in [6, 6.07) is 3.47. The van der Waals surface area contributed by atoms with E-state index in [1.165, 1.54) is 6.92 Å². The van der Waals surface area contributed by atoms with Gasteiger partial charge in [0.2, 0.25) is 0 Å². The smallest absolute Gasteiger partial charge is 0.344 e. The molecule has 0 fully saturated rings. The van der Waals surface area contributed by atoms with Crippen LogP contribution in [0.5, 0.6) is 5.75 Å². The fourth-order valence-corrected chi connectivity index (χ4v) is 2.01. The lowest BCUT2D eigenvalue weighted by Gasteiger charge is -2.13. The third-order valence-electron chi connectivity index (χ3n) is 2.11. The van der Waals surface area contributed by atoms with Crippen molar-refractivity contribution in [3.05, 3.63) is 28.3 Å². The summed E-state index contributed by atoms with van der Waals surface area (Å²) < 4.78 is 5.28. The van der Waals surface area contributed by atoms with E-state index in [2.05, 4.69) is 15.9 Å². The first-order valence-electron chi connectivity index (χ1n) is 4.70. The fraction of sp³-hybridized carbons (Fsp3) is 0.364. The molecule has 0 aliphatic rings. The molecule has 0 saturated carbocycles. The van der Waals surface area contributed by atoms with E-state index < -0.39 is 12.1 Å². The third-order valence-corrected chi connectivity index (χ3v) is 3.25. The summed E-state index contributed by atoms with van der Waals surface area (Å²) in [6.45, 7) is 3.34. The van der Waals surface area contributed by atoms with E-state index in [9.17, 15) is 4.79 Å². The molecule has 0 aliphatic heterocycles. The van der Waals surface area contributed by atoms with Crippen molar-refractivity contribution < 1.29 is 14.6 Å². The summed E-state index contributed by atoms with van der Waals surface area (Å²) >= 11 is 9.38. The molecule has 0 radical (unpaired) electrons. The number of halogens is 2. The van der Waals surface area contributed by atoms with Crippen molar-refractivity contribution in [1.29, 1.82) is 0 Å². The number of hydrogen-bond acceptors (Lipinski definition) is 2. The van der Waals surface area contributed by atoms with E-state index in [0.29, 0.717) is 16.1 Å². The minimum atomic E-state index is -0.993. The molecule has 88 valence electrons. The Bertz CT molecular complexity index is 406. The summed E-state index contributed by atoms with van der Waals surface area (Å²) in [6.07, 6.45) is -0.872. The molecule has 0 aliphatic carbocycles. The Labute approximate surface area is 107 Å². The fourth-order valence-electron chi connectivity index (χ4n) is 1.23. The molecule has 1 unspecified atom stereocenters. The molecule has 0 aromatic heterocycles. The van der Waals surface area contributed by atoms with Crippen molar-refractivity contribution in [1.82, 2.24) is 0 Å². The van der Waals surface area contributed by atoms with E-state index in [4.69, 9.17) is 21.4 Å². The summed E-state index contributed by atoms with van der Waals surface area (Å²) in [4.78, 5) is 10.6. The molecule has 0 bridgehead atoms. The van der Waals surface area contributed by atoms with Gasteiger partial charge in [0, 0.05) is 10.4 Å². The number of hydrogen-bond donors (Lipinski definition) is 1. The second-order valence-electron chi connectivity index (χ2n) is 3.45. The summed E-state index contributed by atoms with van der Waals surface area (Å²) in [7, 11) is 0. The minimum absolute atomic E-state index is 0.520. The van der Waals surface area contributed by atoms with Gasteiger partial charge in [0.15, 0.2) is 6.10 Å². The van der Waals surface area contributed by atoms with Gasteiger partial charge < -0.3 is 9.84 Å². The highest BCUT2D eigenvalue weighted by Crippen LogP contribution is 2.28. The van der Waals surface area contributed by atoms with Gasteiger partial charge in [-0.15, -0.1) is 0 Å². The van der Waals surface area contributed by atoms with Gasteiger partial charge in [-0.05, 0) is 37.1 Å². The van der Waals surface area contributed by atoms with Crippen LogP contribution in [-0.4, -0.2) is 17.2 Å². The number of carboxylic acids is 1. The average molecular weight is 308 g/mol. The zero-order chi connectivity index (χ0) is 12.3. The maximum Gasteiger partial charge on any atom is 0.344 e. The van der Waals surface area contributed by atoms with E-state index >= 15 is 0 Å². The molecule has 1 atom stereocenters. The number of benzene rings is 1. The Hall–Kier alpha value is -0.740. The van der Waals surface area contributed by atoms with Crippen molar-refractivity contribution in [3.8, 4) is 5.75 Å². The monoisotopic (exact) mass is 306 g/mol. The van der Waals surface area contributed by atoms with Crippen LogP contribution in [0.15, 0.2) is 12.1 Å². The van der Waals surface area contributed by atoms with Gasteiger partial charge in [-0.3, -0.25) is 0 Å². The van der Waals surface area contributed by atoms with Gasteiger partial charge >= 0.3 is 5.97 Å². The summed E-state index contributed by atoms with van der Waals surface area (Å²) in [5.74, 6) is -0.473. The molecule has 0 heterocycles. The summed E-state index contributed by atoms with van der Waals surface area (Å²) in [5, 5.41) is 10.0. The van der Waals surface area contributed by atoms with Crippen molar-refractivity contribution in [2.24, 2.45) is 0 Å². The Balaban J connectivity index is 2.98. The normalized spacial score (nSPS) is 12.2. The molecule has 1 rings (SSSR count). The minimum Gasteiger partial charge on any atom is -0.479 e. The van der Waals surface area contributed by atoms with Crippen LogP contribution in [0.25, 0.3) is 0 Å². The highest BCUT2D eigenvalue weighted by molar-refractivity contribution is 9.08. The average Bonchev–Trinajstić information content (AvgIpc) is 2.22. The molecule has 0 amide bonds. The zero-order valence-electron chi connectivity index (χ0n) is 8.96. The molecule has 0 saturated heterocycles. The predicted octanol–water partition coefficient (Wildman–Crippen LogP) is 3.40. The molecular weight excluding hydrogens is 295 g/mol. The molecule has 5 heteroatoms. The quantitative estimate of drug-likeness (QED) is 0.867. The number of ether oxygens (including phenoxy) is 1. The Morgan fingerprint density at radius 3 is 2.75 bits per heavy atom. The van der Waals surface area contributed by atoms with Crippen LogP contribution in [-0.2, 0) is 10.1 Å². The molecule has 16 heavy (non-hydrogen) atoms. The third kappa shape index (κ3) is 3.12. The van der Waals surface area contributed by atoms with Crippen LogP contribution in [0.1, 0.15) is 18.1 Å². The van der Waals surface area contributed by atoms with Gasteiger partial charge in [-0.1, -0.05) is 27.5 Å². The highest BCUT2D eigenvalue weighted by Gasteiger charge is 2.14. The first-order valence-corrected chi connectivity index (χ1v) is 6.20. The van der Waals surface area contributed by atoms with Crippen molar-refractivity contribution in [3.63, 3.8) is 0 Å². The van der Waals surface area contributed by atoms with E-state index in [1.807, 2.05) is 6.92 Å². The molecule has 3 nitrogen and oxygen atoms in total. The number of aryl methyl sites for hydroxylation is 1. The lowest BCUT2D eigenvalue weighted by atomic mass is 10.1. The Morgan fingerprint density at radius 1 is 1.62 bits per heavy atom. The number of carbonyl (C=O) groups is 1. The molecule has 1 N–H and O–H groups in total. The first kappa shape index (κ1) is 13.3. The van der Waals surface area contributed by atoms with Crippen LogP contribution >= 0.6 is 27.5 Å². The Morgan fingerprint density at radius 2 is 2.25 bits per heavy atom. The largest absolute Gasteiger partial charge is 0.479 e. The lowest BCUT2D eigenvalue weighted by Crippen LogP contribution is -2.22. The second-order valence-corrected chi connectivity index (χ2v) is 4.38. The van der Waals surface area contributed by atoms with Gasteiger partial charge in [0.1, 0.15) is 5.75 Å². The van der Waals surface area contributed by atoms with E-state index in [0.717, 1.165) is 11.1 Å². The number of carboxylic acid groups (broad SMARTS) is 1. The van der Waals surface area contributed by atoms with E-state index in [-0.39, 0.29) is 0 Å². The second kappa shape index (κ2) is 5.55. The van der Waals surface area contributed by atoms with Crippen LogP contribution in [0.4, 0.5) is 0 Å². The van der Waals surface area contributed by atoms with Gasteiger partial charge in [-0.2, -0.15) is 0 Å². The van der Waals surface area contributed by atoms with Crippen molar-refractivity contribution in [2.75, 3.05) is 0 Å². The SMILES string of the molecule is Cc1cc(OC(C)C(=O)O)cc(CBr)c1Cl. The van der Waals surface area contributed by atoms with E-state index in [1.54, 1.807) is 12.1 Å². The lowest BCUT2D eigenvalue weighted by molar-refractivity contribution is -0.144. The molecule has 1 aromatic carbocycles. The van der Waals surface area contributed by atoms with Gasteiger partial charge in [0.25, 0.3) is 0 Å². The van der Waals surface area contributed by atoms with Crippen LogP contribution in [0, 0.1) is 6.92 Å². The molecule has 1 aromatic rings. The number of aliphatic carboxylic acids is 1. The predicted molar refractivity (Wildman–Crippen MR) is 66.5 cm³/mol. The van der Waals surface area contributed by atoms with Crippen molar-refractivity contribution >= 4 is 33.5 Å².